The second-order valence-electron chi connectivity index (χ2n) is 9.46. The fourth-order valence-corrected chi connectivity index (χ4v) is 5.34. The number of benzene rings is 4. The molecule has 5 rings (SSSR count). The van der Waals surface area contributed by atoms with Gasteiger partial charge in [0, 0.05) is 42.7 Å². The number of anilines is 1. The number of hydrogen-bond acceptors (Lipinski definition) is 6. The van der Waals surface area contributed by atoms with Gasteiger partial charge in [0.15, 0.2) is 5.13 Å². The summed E-state index contributed by atoms with van der Waals surface area (Å²) in [6, 6.07) is 34.0. The largest absolute Gasteiger partial charge is 0.496 e. The highest BCUT2D eigenvalue weighted by atomic mass is 32.1. The highest BCUT2D eigenvalue weighted by Gasteiger charge is 2.16. The maximum atomic E-state index is 12.8. The number of amides is 1. The smallest absolute Gasteiger partial charge is 0.251 e. The number of nitrogens with one attached hydrogen (secondary N) is 1. The molecule has 7 heteroatoms. The van der Waals surface area contributed by atoms with Crippen LogP contribution in [-0.4, -0.2) is 18.0 Å². The molecule has 0 aliphatic rings. The van der Waals surface area contributed by atoms with Crippen LogP contribution in [0.2, 0.25) is 0 Å². The molecule has 40 heavy (non-hydrogen) atoms. The molecule has 202 valence electrons. The number of thiazole rings is 1. The van der Waals surface area contributed by atoms with E-state index in [1.54, 1.807) is 18.4 Å². The molecular weight excluding hydrogens is 516 g/mol. The van der Waals surface area contributed by atoms with Crippen molar-refractivity contribution in [2.24, 2.45) is 5.73 Å². The van der Waals surface area contributed by atoms with Crippen molar-refractivity contribution in [2.45, 2.75) is 26.2 Å². The molecule has 0 spiro atoms. The molecule has 1 aromatic heterocycles. The van der Waals surface area contributed by atoms with E-state index in [-0.39, 0.29) is 5.91 Å². The summed E-state index contributed by atoms with van der Waals surface area (Å²) in [6.45, 7) is 2.30. The van der Waals surface area contributed by atoms with Crippen molar-refractivity contribution >= 4 is 22.4 Å². The van der Waals surface area contributed by atoms with Crippen LogP contribution in [0, 0.1) is 0 Å². The van der Waals surface area contributed by atoms with Gasteiger partial charge in [0.2, 0.25) is 0 Å². The lowest BCUT2D eigenvalue weighted by molar-refractivity contribution is 0.0951. The van der Waals surface area contributed by atoms with Gasteiger partial charge >= 0.3 is 0 Å². The normalized spacial score (nSPS) is 10.8. The van der Waals surface area contributed by atoms with Gasteiger partial charge in [0.05, 0.1) is 12.8 Å². The molecule has 0 saturated carbocycles. The SMILES string of the molecule is COc1ccccc1-c1csc(N(Cc2ccccc2)Cc2ccc(C(=O)NCc3cccc(CN)c3)cc2)n1. The summed E-state index contributed by atoms with van der Waals surface area (Å²) in [5.74, 6) is 0.696. The Balaban J connectivity index is 1.31. The Bertz CT molecular complexity index is 1550. The third kappa shape index (κ3) is 6.75. The topological polar surface area (TPSA) is 80.5 Å². The standard InChI is InChI=1S/C33H32N4O2S/c1-39-31-13-6-5-12-29(31)30-23-40-33(36-30)37(21-24-8-3-2-4-9-24)22-25-14-16-28(17-15-25)32(38)35-20-27-11-7-10-26(18-27)19-34/h2-18,23H,19-22,34H2,1H3,(H,35,38). The van der Waals surface area contributed by atoms with Gasteiger partial charge in [-0.2, -0.15) is 0 Å². The average Bonchev–Trinajstić information content (AvgIpc) is 3.51. The molecule has 0 saturated heterocycles. The molecule has 0 aliphatic heterocycles. The lowest BCUT2D eigenvalue weighted by Crippen LogP contribution is -2.23. The Morgan fingerprint density at radius 1 is 0.850 bits per heavy atom. The number of ether oxygens (including phenoxy) is 1. The van der Waals surface area contributed by atoms with E-state index >= 15 is 0 Å². The molecule has 3 N–H and O–H groups in total. The first-order chi connectivity index (χ1) is 19.6. The van der Waals surface area contributed by atoms with Gasteiger partial charge in [-0.25, -0.2) is 4.98 Å². The molecule has 1 amide bonds. The number of nitrogens with zero attached hydrogens (tertiary/aromatic N) is 2. The van der Waals surface area contributed by atoms with Crippen LogP contribution in [0.15, 0.2) is 109 Å². The van der Waals surface area contributed by atoms with Crippen molar-refractivity contribution in [2.75, 3.05) is 12.0 Å². The molecule has 0 unspecified atom stereocenters. The number of carbonyl (C=O) groups is 1. The van der Waals surface area contributed by atoms with E-state index in [0.29, 0.717) is 31.7 Å². The van der Waals surface area contributed by atoms with Crippen LogP contribution in [0.1, 0.15) is 32.6 Å². The fraction of sp³-hybridized carbons (Fsp3) is 0.152. The van der Waals surface area contributed by atoms with Gasteiger partial charge in [-0.1, -0.05) is 78.9 Å². The summed E-state index contributed by atoms with van der Waals surface area (Å²) in [7, 11) is 1.68. The third-order valence-electron chi connectivity index (χ3n) is 6.63. The van der Waals surface area contributed by atoms with Crippen molar-refractivity contribution < 1.29 is 9.53 Å². The van der Waals surface area contributed by atoms with E-state index in [9.17, 15) is 4.79 Å². The van der Waals surface area contributed by atoms with Crippen LogP contribution >= 0.6 is 11.3 Å². The molecule has 1 heterocycles. The predicted octanol–water partition coefficient (Wildman–Crippen LogP) is 6.41. The summed E-state index contributed by atoms with van der Waals surface area (Å²) in [5, 5.41) is 6.00. The lowest BCUT2D eigenvalue weighted by Gasteiger charge is -2.22. The van der Waals surface area contributed by atoms with Crippen molar-refractivity contribution in [3.05, 3.63) is 136 Å². The van der Waals surface area contributed by atoms with E-state index in [0.717, 1.165) is 38.8 Å². The van der Waals surface area contributed by atoms with Gasteiger partial charge in [-0.15, -0.1) is 11.3 Å². The zero-order chi connectivity index (χ0) is 27.7. The van der Waals surface area contributed by atoms with Gasteiger partial charge in [0.25, 0.3) is 5.91 Å². The number of nitrogens with two attached hydrogens (primary N) is 1. The van der Waals surface area contributed by atoms with E-state index in [4.69, 9.17) is 15.5 Å². The first kappa shape index (κ1) is 27.1. The minimum Gasteiger partial charge on any atom is -0.496 e. The molecule has 0 bridgehead atoms. The number of aromatic nitrogens is 1. The Hall–Kier alpha value is -4.46. The number of rotatable bonds is 11. The lowest BCUT2D eigenvalue weighted by atomic mass is 10.1. The molecular formula is C33H32N4O2S. The van der Waals surface area contributed by atoms with Gasteiger partial charge in [-0.05, 0) is 46.5 Å². The Kier molecular flexibility index (Phi) is 8.86. The molecule has 0 fully saturated rings. The van der Waals surface area contributed by atoms with Crippen molar-refractivity contribution in [1.29, 1.82) is 0 Å². The number of hydrogen-bond donors (Lipinski definition) is 2. The quantitative estimate of drug-likeness (QED) is 0.199. The molecule has 5 aromatic rings. The van der Waals surface area contributed by atoms with Crippen molar-refractivity contribution in [3.8, 4) is 17.0 Å². The summed E-state index contributed by atoms with van der Waals surface area (Å²) in [6.07, 6.45) is 0. The first-order valence-corrected chi connectivity index (χ1v) is 14.0. The molecule has 0 radical (unpaired) electrons. The van der Waals surface area contributed by atoms with Crippen LogP contribution < -0.4 is 20.7 Å². The number of methoxy groups -OCH3 is 1. The van der Waals surface area contributed by atoms with Crippen molar-refractivity contribution in [1.82, 2.24) is 10.3 Å². The van der Waals surface area contributed by atoms with Crippen LogP contribution in [0.5, 0.6) is 5.75 Å². The monoisotopic (exact) mass is 548 g/mol. The highest BCUT2D eigenvalue weighted by Crippen LogP contribution is 2.34. The number of para-hydroxylation sites is 1. The molecule has 6 nitrogen and oxygen atoms in total. The molecule has 0 atom stereocenters. The maximum Gasteiger partial charge on any atom is 0.251 e. The van der Waals surface area contributed by atoms with Gasteiger partial charge in [-0.3, -0.25) is 4.79 Å². The highest BCUT2D eigenvalue weighted by molar-refractivity contribution is 7.14. The van der Waals surface area contributed by atoms with E-state index in [1.165, 1.54) is 5.56 Å². The number of carbonyl (C=O) groups excluding carboxylic acids is 1. The van der Waals surface area contributed by atoms with Gasteiger partial charge < -0.3 is 20.7 Å². The van der Waals surface area contributed by atoms with Crippen molar-refractivity contribution in [3.63, 3.8) is 0 Å². The van der Waals surface area contributed by atoms with Crippen LogP contribution in [0.4, 0.5) is 5.13 Å². The molecule has 4 aromatic carbocycles. The Morgan fingerprint density at radius 2 is 1.52 bits per heavy atom. The van der Waals surface area contributed by atoms with Crippen LogP contribution in [-0.2, 0) is 26.2 Å². The second kappa shape index (κ2) is 13.1. The molecule has 0 aliphatic carbocycles. The zero-order valence-electron chi connectivity index (χ0n) is 22.4. The first-order valence-electron chi connectivity index (χ1n) is 13.2. The summed E-state index contributed by atoms with van der Waals surface area (Å²) < 4.78 is 5.56. The summed E-state index contributed by atoms with van der Waals surface area (Å²) in [5.41, 5.74) is 12.6. The van der Waals surface area contributed by atoms with E-state index in [2.05, 4.69) is 39.9 Å². The second-order valence-corrected chi connectivity index (χ2v) is 10.3. The fourth-order valence-electron chi connectivity index (χ4n) is 4.52. The third-order valence-corrected chi connectivity index (χ3v) is 7.53. The predicted molar refractivity (Wildman–Crippen MR) is 162 cm³/mol. The zero-order valence-corrected chi connectivity index (χ0v) is 23.2. The minimum atomic E-state index is -0.104. The van der Waals surface area contributed by atoms with Gasteiger partial charge in [0.1, 0.15) is 5.75 Å². The minimum absolute atomic E-state index is 0.104. The Labute approximate surface area is 239 Å². The summed E-state index contributed by atoms with van der Waals surface area (Å²) in [4.78, 5) is 20.0. The summed E-state index contributed by atoms with van der Waals surface area (Å²) >= 11 is 1.61. The maximum absolute atomic E-state index is 12.8. The van der Waals surface area contributed by atoms with Crippen LogP contribution in [0.25, 0.3) is 11.3 Å². The average molecular weight is 549 g/mol. The van der Waals surface area contributed by atoms with E-state index in [1.807, 2.05) is 78.9 Å². The van der Waals surface area contributed by atoms with E-state index < -0.39 is 0 Å². The Morgan fingerprint density at radius 3 is 2.27 bits per heavy atom. The van der Waals surface area contributed by atoms with Crippen LogP contribution in [0.3, 0.4) is 0 Å².